The van der Waals surface area contributed by atoms with Crippen molar-refractivity contribution in [1.82, 2.24) is 20.0 Å². The van der Waals surface area contributed by atoms with Crippen LogP contribution in [0.4, 0.5) is 0 Å². The predicted molar refractivity (Wildman–Crippen MR) is 104 cm³/mol. The molecule has 0 radical (unpaired) electrons. The molecule has 0 fully saturated rings. The smallest absolute Gasteiger partial charge is 0.275 e. The van der Waals surface area contributed by atoms with Gasteiger partial charge < -0.3 is 10.1 Å². The molecule has 27 heavy (non-hydrogen) atoms. The lowest BCUT2D eigenvalue weighted by Crippen LogP contribution is -2.34. The lowest BCUT2D eigenvalue weighted by molar-refractivity contribution is 0.0956. The van der Waals surface area contributed by atoms with Gasteiger partial charge in [0.15, 0.2) is 5.69 Å². The van der Waals surface area contributed by atoms with Gasteiger partial charge in [-0.1, -0.05) is 30.3 Å². The van der Waals surface area contributed by atoms with E-state index in [1.807, 2.05) is 36.2 Å². The number of methoxy groups -OCH3 is 1. The Morgan fingerprint density at radius 3 is 2.63 bits per heavy atom. The Morgan fingerprint density at radius 2 is 1.93 bits per heavy atom. The van der Waals surface area contributed by atoms with Gasteiger partial charge in [0.1, 0.15) is 5.75 Å². The van der Waals surface area contributed by atoms with Crippen molar-refractivity contribution in [2.45, 2.75) is 13.2 Å². The molecule has 3 rings (SSSR count). The molecule has 0 bridgehead atoms. The Labute approximate surface area is 157 Å². The highest BCUT2D eigenvalue weighted by molar-refractivity contribution is 6.04. The van der Waals surface area contributed by atoms with Gasteiger partial charge in [-0.3, -0.25) is 14.5 Å². The molecule has 7 nitrogen and oxygen atoms in total. The molecule has 0 aliphatic heterocycles. The fourth-order valence-electron chi connectivity index (χ4n) is 2.98. The number of carbonyl (C=O) groups is 1. The van der Waals surface area contributed by atoms with E-state index in [0.717, 1.165) is 11.3 Å². The Bertz CT molecular complexity index is 1030. The number of benzene rings is 2. The van der Waals surface area contributed by atoms with Crippen LogP contribution in [0.25, 0.3) is 10.8 Å². The highest BCUT2D eigenvalue weighted by Crippen LogP contribution is 2.15. The third-order valence-electron chi connectivity index (χ3n) is 4.27. The molecule has 2 aromatic carbocycles. The number of fused-ring (bicyclic) bond motifs is 1. The number of aromatic nitrogens is 2. The first-order valence-electron chi connectivity index (χ1n) is 8.57. The van der Waals surface area contributed by atoms with Gasteiger partial charge in [0.2, 0.25) is 0 Å². The van der Waals surface area contributed by atoms with Crippen molar-refractivity contribution in [3.63, 3.8) is 0 Å². The van der Waals surface area contributed by atoms with E-state index in [-0.39, 0.29) is 23.8 Å². The molecule has 0 saturated heterocycles. The second-order valence-corrected chi connectivity index (χ2v) is 6.29. The second kappa shape index (κ2) is 8.01. The van der Waals surface area contributed by atoms with Crippen molar-refractivity contribution in [2.24, 2.45) is 0 Å². The minimum absolute atomic E-state index is 0.226. The zero-order valence-corrected chi connectivity index (χ0v) is 15.6. The van der Waals surface area contributed by atoms with Crippen LogP contribution in [0.1, 0.15) is 16.1 Å². The van der Waals surface area contributed by atoms with Crippen LogP contribution in [-0.2, 0) is 13.2 Å². The molecule has 1 N–H and O–H groups in total. The van der Waals surface area contributed by atoms with E-state index < -0.39 is 0 Å². The van der Waals surface area contributed by atoms with Crippen molar-refractivity contribution in [3.8, 4) is 5.75 Å². The van der Waals surface area contributed by atoms with Gasteiger partial charge in [-0.15, -0.1) is 0 Å². The molecule has 1 heterocycles. The van der Waals surface area contributed by atoms with Crippen molar-refractivity contribution in [2.75, 3.05) is 21.2 Å². The maximum Gasteiger partial charge on any atom is 0.275 e. The highest BCUT2D eigenvalue weighted by Gasteiger charge is 2.16. The van der Waals surface area contributed by atoms with E-state index in [0.29, 0.717) is 17.3 Å². The zero-order chi connectivity index (χ0) is 19.4. The summed E-state index contributed by atoms with van der Waals surface area (Å²) in [5.74, 6) is 0.458. The molecule has 0 aliphatic rings. The summed E-state index contributed by atoms with van der Waals surface area (Å²) >= 11 is 0. The van der Waals surface area contributed by atoms with Crippen LogP contribution in [-0.4, -0.2) is 41.8 Å². The van der Waals surface area contributed by atoms with E-state index in [1.54, 1.807) is 38.4 Å². The molecule has 140 valence electrons. The number of nitrogens with one attached hydrogen (secondary N) is 1. The molecule has 0 saturated carbocycles. The van der Waals surface area contributed by atoms with Crippen LogP contribution in [0.2, 0.25) is 0 Å². The Morgan fingerprint density at radius 1 is 1.19 bits per heavy atom. The van der Waals surface area contributed by atoms with Crippen molar-refractivity contribution in [3.05, 3.63) is 70.1 Å². The standard InChI is InChI=1S/C20H22N4O3/c1-21-19(25)18-16-9-4-5-10-17(16)20(26)24(22-18)13-23(2)12-14-7-6-8-15(11-14)27-3/h4-11H,12-13H2,1-3H3,(H,21,25). The van der Waals surface area contributed by atoms with Crippen LogP contribution >= 0.6 is 0 Å². The predicted octanol–water partition coefficient (Wildman–Crippen LogP) is 1.85. The Kier molecular flexibility index (Phi) is 5.52. The molecular formula is C20H22N4O3. The number of ether oxygens (including phenoxy) is 1. The summed E-state index contributed by atoms with van der Waals surface area (Å²) in [6, 6.07) is 14.8. The summed E-state index contributed by atoms with van der Waals surface area (Å²) in [5, 5.41) is 7.92. The first kappa shape index (κ1) is 18.6. The van der Waals surface area contributed by atoms with E-state index in [1.165, 1.54) is 4.68 Å². The highest BCUT2D eigenvalue weighted by atomic mass is 16.5. The third-order valence-corrected chi connectivity index (χ3v) is 4.27. The molecule has 0 atom stereocenters. The topological polar surface area (TPSA) is 76.5 Å². The number of rotatable bonds is 6. The van der Waals surface area contributed by atoms with E-state index in [9.17, 15) is 9.59 Å². The van der Waals surface area contributed by atoms with Crippen molar-refractivity contribution < 1.29 is 9.53 Å². The maximum atomic E-state index is 12.8. The van der Waals surface area contributed by atoms with E-state index >= 15 is 0 Å². The third kappa shape index (κ3) is 3.98. The minimum atomic E-state index is -0.324. The second-order valence-electron chi connectivity index (χ2n) is 6.29. The van der Waals surface area contributed by atoms with E-state index in [2.05, 4.69) is 10.4 Å². The molecule has 7 heteroatoms. The zero-order valence-electron chi connectivity index (χ0n) is 15.6. The van der Waals surface area contributed by atoms with Gasteiger partial charge in [-0.05, 0) is 30.8 Å². The number of hydrogen-bond donors (Lipinski definition) is 1. The van der Waals surface area contributed by atoms with Gasteiger partial charge in [0, 0.05) is 19.0 Å². The van der Waals surface area contributed by atoms with Gasteiger partial charge in [0.25, 0.3) is 11.5 Å². The lowest BCUT2D eigenvalue weighted by Gasteiger charge is -2.19. The number of amides is 1. The summed E-state index contributed by atoms with van der Waals surface area (Å²) in [5.41, 5.74) is 1.07. The van der Waals surface area contributed by atoms with Crippen molar-refractivity contribution >= 4 is 16.7 Å². The fourth-order valence-corrected chi connectivity index (χ4v) is 2.98. The van der Waals surface area contributed by atoms with Gasteiger partial charge >= 0.3 is 0 Å². The molecule has 0 unspecified atom stereocenters. The average Bonchev–Trinajstić information content (AvgIpc) is 2.69. The molecule has 3 aromatic rings. The summed E-state index contributed by atoms with van der Waals surface area (Å²) in [4.78, 5) is 27.0. The number of nitrogens with zero attached hydrogens (tertiary/aromatic N) is 3. The average molecular weight is 366 g/mol. The SMILES string of the molecule is CNC(=O)c1nn(CN(C)Cc2cccc(OC)c2)c(=O)c2ccccc12. The fraction of sp³-hybridized carbons (Fsp3) is 0.250. The van der Waals surface area contributed by atoms with Crippen LogP contribution < -0.4 is 15.6 Å². The first-order chi connectivity index (χ1) is 13.0. The summed E-state index contributed by atoms with van der Waals surface area (Å²) in [6.45, 7) is 0.859. The van der Waals surface area contributed by atoms with Crippen LogP contribution in [0.5, 0.6) is 5.75 Å². The monoisotopic (exact) mass is 366 g/mol. The Balaban J connectivity index is 1.93. The van der Waals surface area contributed by atoms with Gasteiger partial charge in [-0.2, -0.15) is 5.10 Å². The van der Waals surface area contributed by atoms with Crippen LogP contribution in [0, 0.1) is 0 Å². The molecule has 0 spiro atoms. The molecular weight excluding hydrogens is 344 g/mol. The van der Waals surface area contributed by atoms with Crippen LogP contribution in [0.3, 0.4) is 0 Å². The van der Waals surface area contributed by atoms with Crippen molar-refractivity contribution in [1.29, 1.82) is 0 Å². The first-order valence-corrected chi connectivity index (χ1v) is 8.57. The van der Waals surface area contributed by atoms with Gasteiger partial charge in [0.05, 0.1) is 19.2 Å². The largest absolute Gasteiger partial charge is 0.497 e. The van der Waals surface area contributed by atoms with Gasteiger partial charge in [-0.25, -0.2) is 4.68 Å². The molecule has 0 aliphatic carbocycles. The molecule has 1 amide bonds. The summed E-state index contributed by atoms with van der Waals surface area (Å²) < 4.78 is 6.57. The maximum absolute atomic E-state index is 12.8. The quantitative estimate of drug-likeness (QED) is 0.721. The Hall–Kier alpha value is -3.19. The number of hydrogen-bond acceptors (Lipinski definition) is 5. The molecule has 1 aromatic heterocycles. The summed E-state index contributed by atoms with van der Waals surface area (Å²) in [7, 11) is 5.06. The normalized spacial score (nSPS) is 11.0. The van der Waals surface area contributed by atoms with Crippen LogP contribution in [0.15, 0.2) is 53.3 Å². The lowest BCUT2D eigenvalue weighted by atomic mass is 10.1. The summed E-state index contributed by atoms with van der Waals surface area (Å²) in [6.07, 6.45) is 0. The number of carbonyl (C=O) groups excluding carboxylic acids is 1. The minimum Gasteiger partial charge on any atom is -0.497 e. The van der Waals surface area contributed by atoms with E-state index in [4.69, 9.17) is 4.74 Å².